The summed E-state index contributed by atoms with van der Waals surface area (Å²) < 4.78 is 10.6. The predicted molar refractivity (Wildman–Crippen MR) is 110 cm³/mol. The monoisotopic (exact) mass is 382 g/mol. The number of anilines is 1. The Labute approximate surface area is 163 Å². The Morgan fingerprint density at radius 3 is 2.39 bits per heavy atom. The molecule has 1 N–H and O–H groups in total. The van der Waals surface area contributed by atoms with E-state index in [1.54, 1.807) is 19.1 Å². The molecule has 2 aromatic carbocycles. The topological polar surface area (TPSA) is 90.7 Å². The molecule has 0 spiro atoms. The highest BCUT2D eigenvalue weighted by molar-refractivity contribution is 5.90. The Morgan fingerprint density at radius 1 is 1.11 bits per heavy atom. The molecule has 0 atom stereocenters. The summed E-state index contributed by atoms with van der Waals surface area (Å²) in [5.41, 5.74) is 2.91. The third-order valence-corrected chi connectivity index (χ3v) is 3.94. The van der Waals surface area contributed by atoms with Crippen LogP contribution in [-0.4, -0.2) is 25.1 Å². The molecule has 7 nitrogen and oxygen atoms in total. The van der Waals surface area contributed by atoms with Gasteiger partial charge in [-0.15, -0.1) is 0 Å². The lowest BCUT2D eigenvalue weighted by atomic mass is 10.0. The summed E-state index contributed by atoms with van der Waals surface area (Å²) >= 11 is 0. The maximum atomic E-state index is 11.4. The zero-order valence-corrected chi connectivity index (χ0v) is 16.0. The van der Waals surface area contributed by atoms with Crippen LogP contribution in [0.3, 0.4) is 0 Å². The van der Waals surface area contributed by atoms with Gasteiger partial charge in [0.1, 0.15) is 11.5 Å². The lowest BCUT2D eigenvalue weighted by Crippen LogP contribution is -2.08. The van der Waals surface area contributed by atoms with Gasteiger partial charge in [-0.3, -0.25) is 14.9 Å². The summed E-state index contributed by atoms with van der Waals surface area (Å²) in [5.74, 6) is 0.996. The highest BCUT2D eigenvalue weighted by Crippen LogP contribution is 2.31. The number of ether oxygens (including phenoxy) is 2. The summed E-state index contributed by atoms with van der Waals surface area (Å²) in [6, 6.07) is 10.8. The van der Waals surface area contributed by atoms with Crippen LogP contribution >= 0.6 is 0 Å². The molecular weight excluding hydrogens is 360 g/mol. The van der Waals surface area contributed by atoms with Crippen molar-refractivity contribution in [3.63, 3.8) is 0 Å². The van der Waals surface area contributed by atoms with Crippen molar-refractivity contribution in [3.8, 4) is 11.5 Å². The fourth-order valence-corrected chi connectivity index (χ4v) is 2.47. The Balaban J connectivity index is 2.35. The average molecular weight is 382 g/mol. The van der Waals surface area contributed by atoms with Crippen LogP contribution in [0.25, 0.3) is 18.2 Å². The number of carbonyl (C=O) groups excluding carboxylic acids is 1. The fraction of sp³-hybridized carbons (Fsp3) is 0.190. The number of benzene rings is 2. The van der Waals surface area contributed by atoms with E-state index in [9.17, 15) is 14.9 Å². The molecular formula is C21H22N2O5. The van der Waals surface area contributed by atoms with Crippen LogP contribution in [0.5, 0.6) is 11.5 Å². The molecule has 0 aromatic heterocycles. The van der Waals surface area contributed by atoms with Gasteiger partial charge >= 0.3 is 0 Å². The van der Waals surface area contributed by atoms with Crippen LogP contribution in [0.1, 0.15) is 30.0 Å². The van der Waals surface area contributed by atoms with E-state index in [4.69, 9.17) is 9.47 Å². The molecule has 0 heterocycles. The van der Waals surface area contributed by atoms with Crippen LogP contribution in [-0.2, 0) is 4.79 Å². The predicted octanol–water partition coefficient (Wildman–Crippen LogP) is 4.47. The highest BCUT2D eigenvalue weighted by atomic mass is 16.6. The van der Waals surface area contributed by atoms with E-state index >= 15 is 0 Å². The van der Waals surface area contributed by atoms with Crippen LogP contribution in [0.4, 0.5) is 5.69 Å². The normalized spacial score (nSPS) is 11.0. The van der Waals surface area contributed by atoms with Crippen molar-refractivity contribution < 1.29 is 19.2 Å². The second-order valence-electron chi connectivity index (χ2n) is 5.79. The zero-order valence-electron chi connectivity index (χ0n) is 16.0. The van der Waals surface area contributed by atoms with Gasteiger partial charge < -0.3 is 14.8 Å². The first kappa shape index (κ1) is 20.7. The van der Waals surface area contributed by atoms with Gasteiger partial charge in [0.15, 0.2) is 0 Å². The van der Waals surface area contributed by atoms with E-state index in [1.165, 1.54) is 20.3 Å². The van der Waals surface area contributed by atoms with Crippen LogP contribution < -0.4 is 14.8 Å². The minimum absolute atomic E-state index is 0.0472. The maximum Gasteiger partial charge on any atom is 0.235 e. The first-order chi connectivity index (χ1) is 13.5. The minimum atomic E-state index is -0.527. The molecule has 0 saturated heterocycles. The van der Waals surface area contributed by atoms with E-state index < -0.39 is 4.92 Å². The zero-order chi connectivity index (χ0) is 20.5. The smallest absolute Gasteiger partial charge is 0.235 e. The average Bonchev–Trinajstić information content (AvgIpc) is 2.71. The molecule has 0 fully saturated rings. The number of methoxy groups -OCH3 is 2. The Bertz CT molecular complexity index is 902. The molecule has 28 heavy (non-hydrogen) atoms. The molecule has 146 valence electrons. The Kier molecular flexibility index (Phi) is 7.33. The largest absolute Gasteiger partial charge is 0.497 e. The number of nitrogens with one attached hydrogen (secondary N) is 1. The van der Waals surface area contributed by atoms with Crippen LogP contribution in [0, 0.1) is 10.1 Å². The van der Waals surface area contributed by atoms with Gasteiger partial charge in [-0.25, -0.2) is 0 Å². The summed E-state index contributed by atoms with van der Waals surface area (Å²) in [7, 11) is 3.03. The molecule has 0 bridgehead atoms. The molecule has 0 saturated carbocycles. The molecule has 7 heteroatoms. The van der Waals surface area contributed by atoms with E-state index in [0.717, 1.165) is 17.5 Å². The molecule has 1 amide bonds. The van der Waals surface area contributed by atoms with Crippen LogP contribution in [0.2, 0.25) is 0 Å². The second kappa shape index (κ2) is 9.91. The van der Waals surface area contributed by atoms with E-state index in [0.29, 0.717) is 29.0 Å². The van der Waals surface area contributed by atoms with Crippen molar-refractivity contribution in [2.24, 2.45) is 0 Å². The number of carbonyl (C=O) groups is 1. The van der Waals surface area contributed by atoms with Gasteiger partial charge in [0.2, 0.25) is 12.1 Å². The van der Waals surface area contributed by atoms with Crippen LogP contribution in [0.15, 0.2) is 42.6 Å². The van der Waals surface area contributed by atoms with Crippen molar-refractivity contribution >= 4 is 29.8 Å². The lowest BCUT2D eigenvalue weighted by molar-refractivity contribution is -0.400. The molecule has 0 aliphatic rings. The molecule has 2 rings (SSSR count). The van der Waals surface area contributed by atoms with Gasteiger partial charge in [0.25, 0.3) is 0 Å². The maximum absolute atomic E-state index is 11.4. The molecule has 0 aliphatic heterocycles. The quantitative estimate of drug-likeness (QED) is 0.413. The third-order valence-electron chi connectivity index (χ3n) is 3.94. The third kappa shape index (κ3) is 5.70. The van der Waals surface area contributed by atoms with Crippen molar-refractivity contribution in [2.75, 3.05) is 19.5 Å². The first-order valence-corrected chi connectivity index (χ1v) is 8.62. The number of hydrogen-bond acceptors (Lipinski definition) is 5. The van der Waals surface area contributed by atoms with E-state index in [-0.39, 0.29) is 5.91 Å². The van der Waals surface area contributed by atoms with Gasteiger partial charge in [0.05, 0.1) is 19.1 Å². The number of rotatable bonds is 8. The SMILES string of the molecule is CCC(=O)Nc1ccc(/C=C/c2cc(OC)cc(OC)c2/C=C/[N+](=O)[O-])cc1. The second-order valence-corrected chi connectivity index (χ2v) is 5.79. The summed E-state index contributed by atoms with van der Waals surface area (Å²) in [5, 5.41) is 13.5. The highest BCUT2D eigenvalue weighted by Gasteiger charge is 2.10. The van der Waals surface area contributed by atoms with Crippen molar-refractivity contribution in [1.82, 2.24) is 0 Å². The Morgan fingerprint density at radius 2 is 1.82 bits per heavy atom. The number of nitrogens with zero attached hydrogens (tertiary/aromatic N) is 1. The molecule has 2 aromatic rings. The van der Waals surface area contributed by atoms with Gasteiger partial charge in [-0.05, 0) is 29.3 Å². The lowest BCUT2D eigenvalue weighted by Gasteiger charge is -2.11. The summed E-state index contributed by atoms with van der Waals surface area (Å²) in [4.78, 5) is 21.6. The van der Waals surface area contributed by atoms with Crippen molar-refractivity contribution in [3.05, 3.63) is 69.4 Å². The minimum Gasteiger partial charge on any atom is -0.497 e. The summed E-state index contributed by atoms with van der Waals surface area (Å²) in [6.45, 7) is 1.79. The molecule has 0 unspecified atom stereocenters. The molecule has 0 radical (unpaired) electrons. The number of nitro groups is 1. The number of amides is 1. The van der Waals surface area contributed by atoms with Gasteiger partial charge in [-0.2, -0.15) is 0 Å². The van der Waals surface area contributed by atoms with Crippen molar-refractivity contribution in [2.45, 2.75) is 13.3 Å². The van der Waals surface area contributed by atoms with E-state index in [2.05, 4.69) is 5.32 Å². The van der Waals surface area contributed by atoms with Gasteiger partial charge in [-0.1, -0.05) is 31.2 Å². The molecule has 0 aliphatic carbocycles. The van der Waals surface area contributed by atoms with Gasteiger partial charge in [0, 0.05) is 29.8 Å². The van der Waals surface area contributed by atoms with E-state index in [1.807, 2.05) is 36.4 Å². The Hall–Kier alpha value is -3.61. The first-order valence-electron chi connectivity index (χ1n) is 8.62. The number of hydrogen-bond donors (Lipinski definition) is 1. The fourth-order valence-electron chi connectivity index (χ4n) is 2.47. The summed E-state index contributed by atoms with van der Waals surface area (Å²) in [6.07, 6.45) is 6.36. The standard InChI is InChI=1S/C21H22N2O5/c1-4-21(24)22-17-9-6-15(7-10-17)5-8-16-13-18(27-2)14-20(28-3)19(16)11-12-23(25)26/h5-14H,4H2,1-3H3,(H,22,24)/b8-5+,12-11+. The van der Waals surface area contributed by atoms with Crippen molar-refractivity contribution in [1.29, 1.82) is 0 Å².